The summed E-state index contributed by atoms with van der Waals surface area (Å²) in [6.07, 6.45) is 10.2. The summed E-state index contributed by atoms with van der Waals surface area (Å²) < 4.78 is 4.83. The second-order valence-electron chi connectivity index (χ2n) is 4.06. The van der Waals surface area contributed by atoms with Gasteiger partial charge in [0, 0.05) is 17.9 Å². The maximum absolute atomic E-state index is 3.66. The van der Waals surface area contributed by atoms with Crippen molar-refractivity contribution in [3.05, 3.63) is 17.9 Å². The highest BCUT2D eigenvalue weighted by atomic mass is 79.9. The first-order chi connectivity index (χ1) is 7.63. The molecule has 0 saturated carbocycles. The number of hydrogen-bond acceptors (Lipinski definition) is 0. The van der Waals surface area contributed by atoms with Gasteiger partial charge in [0.05, 0.1) is 0 Å². The Balaban J connectivity index is 2.80. The molecule has 0 amide bonds. The normalized spacial score (nSPS) is 30.8. The Bertz CT molecular complexity index is 261. The number of hydrogen-bond donors (Lipinski definition) is 0. The fraction of sp³-hybridized carbons (Fsp3) is 0.667. The van der Waals surface area contributed by atoms with Crippen LogP contribution in [0.3, 0.4) is 0 Å². The van der Waals surface area contributed by atoms with Gasteiger partial charge >= 0.3 is 0 Å². The molecule has 0 atom stereocenters. The molecule has 92 valence electrons. The summed E-state index contributed by atoms with van der Waals surface area (Å²) in [5.41, 5.74) is 0. The van der Waals surface area contributed by atoms with Gasteiger partial charge in [-0.2, -0.15) is 0 Å². The third-order valence-electron chi connectivity index (χ3n) is 2.71. The van der Waals surface area contributed by atoms with Gasteiger partial charge in [0.2, 0.25) is 0 Å². The van der Waals surface area contributed by atoms with E-state index < -0.39 is 0 Å². The molecule has 0 fully saturated rings. The summed E-state index contributed by atoms with van der Waals surface area (Å²) in [5, 5.41) is 0. The lowest BCUT2D eigenvalue weighted by molar-refractivity contribution is 0.597. The minimum atomic E-state index is 1.12. The first-order valence-corrected chi connectivity index (χ1v) is 8.89. The molecule has 0 spiro atoms. The molecule has 0 saturated heterocycles. The van der Waals surface area contributed by atoms with Crippen molar-refractivity contribution in [2.45, 2.75) is 51.4 Å². The van der Waals surface area contributed by atoms with E-state index in [1.807, 2.05) is 0 Å². The van der Waals surface area contributed by atoms with Crippen LogP contribution in [-0.2, 0) is 0 Å². The van der Waals surface area contributed by atoms with Gasteiger partial charge < -0.3 is 0 Å². The standard InChI is InChI=1S/C12H16Br4/c13-9-7-5-3-1-2-4-6-8-10(14)12(16)11(9)15/h1-8H2/b11-9-,12-10-. The predicted octanol–water partition coefficient (Wildman–Crippen LogP) is 7.12. The third-order valence-corrected chi connectivity index (χ3v) is 7.64. The Hall–Kier alpha value is 1.40. The van der Waals surface area contributed by atoms with Crippen molar-refractivity contribution in [2.75, 3.05) is 0 Å². The molecule has 0 nitrogen and oxygen atoms in total. The maximum atomic E-state index is 3.66. The Morgan fingerprint density at radius 1 is 0.500 bits per heavy atom. The van der Waals surface area contributed by atoms with Gasteiger partial charge in [-0.15, -0.1) is 0 Å². The van der Waals surface area contributed by atoms with Gasteiger partial charge in [-0.1, -0.05) is 57.5 Å². The molecule has 0 aromatic heterocycles. The van der Waals surface area contributed by atoms with E-state index in [2.05, 4.69) is 63.7 Å². The maximum Gasteiger partial charge on any atom is 0.0426 e. The third kappa shape index (κ3) is 5.36. The van der Waals surface area contributed by atoms with Crippen molar-refractivity contribution < 1.29 is 0 Å². The summed E-state index contributed by atoms with van der Waals surface area (Å²) in [6, 6.07) is 0. The van der Waals surface area contributed by atoms with E-state index in [0.29, 0.717) is 0 Å². The average molecular weight is 480 g/mol. The zero-order chi connectivity index (χ0) is 12.0. The largest absolute Gasteiger partial charge is 0.0544 e. The van der Waals surface area contributed by atoms with Crippen LogP contribution in [0.25, 0.3) is 0 Å². The van der Waals surface area contributed by atoms with E-state index in [-0.39, 0.29) is 0 Å². The summed E-state index contributed by atoms with van der Waals surface area (Å²) in [6.45, 7) is 0. The van der Waals surface area contributed by atoms with Crippen molar-refractivity contribution in [3.8, 4) is 0 Å². The number of allylic oxidation sites excluding steroid dienone is 4. The van der Waals surface area contributed by atoms with Crippen molar-refractivity contribution in [2.24, 2.45) is 0 Å². The number of rotatable bonds is 0. The molecular formula is C12H16Br4. The minimum Gasteiger partial charge on any atom is -0.0544 e. The molecule has 16 heavy (non-hydrogen) atoms. The molecule has 0 aliphatic heterocycles. The fourth-order valence-corrected chi connectivity index (χ4v) is 4.09. The summed E-state index contributed by atoms with van der Waals surface area (Å²) in [7, 11) is 0. The van der Waals surface area contributed by atoms with Crippen LogP contribution >= 0.6 is 63.7 Å². The van der Waals surface area contributed by atoms with Crippen molar-refractivity contribution in [1.29, 1.82) is 0 Å². The van der Waals surface area contributed by atoms with Crippen LogP contribution in [0.5, 0.6) is 0 Å². The molecule has 0 unspecified atom stereocenters. The van der Waals surface area contributed by atoms with Crippen molar-refractivity contribution >= 4 is 63.7 Å². The van der Waals surface area contributed by atoms with Crippen LogP contribution in [0, 0.1) is 0 Å². The highest BCUT2D eigenvalue weighted by molar-refractivity contribution is 9.17. The smallest absolute Gasteiger partial charge is 0.0426 e. The van der Waals surface area contributed by atoms with Crippen molar-refractivity contribution in [3.63, 3.8) is 0 Å². The predicted molar refractivity (Wildman–Crippen MR) is 86.7 cm³/mol. The minimum absolute atomic E-state index is 1.12. The lowest BCUT2D eigenvalue weighted by Crippen LogP contribution is -1.88. The van der Waals surface area contributed by atoms with E-state index in [9.17, 15) is 0 Å². The highest BCUT2D eigenvalue weighted by Gasteiger charge is 2.10. The quantitative estimate of drug-likeness (QED) is 0.347. The van der Waals surface area contributed by atoms with E-state index in [1.165, 1.54) is 47.5 Å². The first-order valence-electron chi connectivity index (χ1n) is 5.71. The monoisotopic (exact) mass is 476 g/mol. The van der Waals surface area contributed by atoms with Crippen LogP contribution in [-0.4, -0.2) is 0 Å². The van der Waals surface area contributed by atoms with Crippen LogP contribution in [0.2, 0.25) is 0 Å². The SMILES string of the molecule is Br/C1=C(Br)/C(Br)=C(/Br)CCCCCCCC1. The fourth-order valence-electron chi connectivity index (χ4n) is 1.73. The summed E-state index contributed by atoms with van der Waals surface area (Å²) in [5.74, 6) is 0. The molecule has 0 heterocycles. The summed E-state index contributed by atoms with van der Waals surface area (Å²) >= 11 is 14.6. The van der Waals surface area contributed by atoms with Crippen LogP contribution in [0.4, 0.5) is 0 Å². The summed E-state index contributed by atoms with van der Waals surface area (Å²) in [4.78, 5) is 0. The molecule has 0 N–H and O–H groups in total. The molecule has 1 aliphatic carbocycles. The van der Waals surface area contributed by atoms with E-state index in [4.69, 9.17) is 0 Å². The molecule has 1 rings (SSSR count). The van der Waals surface area contributed by atoms with Crippen LogP contribution < -0.4 is 0 Å². The van der Waals surface area contributed by atoms with Gasteiger partial charge in [-0.3, -0.25) is 0 Å². The molecule has 0 bridgehead atoms. The average Bonchev–Trinajstić information content (AvgIpc) is 2.28. The Morgan fingerprint density at radius 3 is 1.19 bits per heavy atom. The molecule has 0 aromatic rings. The van der Waals surface area contributed by atoms with Gasteiger partial charge in [-0.05, 0) is 57.5 Å². The molecule has 4 heteroatoms. The second kappa shape index (κ2) is 8.49. The van der Waals surface area contributed by atoms with Gasteiger partial charge in [0.25, 0.3) is 0 Å². The molecule has 0 aromatic carbocycles. The van der Waals surface area contributed by atoms with Gasteiger partial charge in [0.1, 0.15) is 0 Å². The van der Waals surface area contributed by atoms with E-state index in [1.54, 1.807) is 0 Å². The first kappa shape index (κ1) is 15.5. The zero-order valence-electron chi connectivity index (χ0n) is 9.17. The van der Waals surface area contributed by atoms with Gasteiger partial charge in [0.15, 0.2) is 0 Å². The Morgan fingerprint density at radius 2 is 0.812 bits per heavy atom. The highest BCUT2D eigenvalue weighted by Crippen LogP contribution is 2.37. The Kier molecular flexibility index (Phi) is 8.20. The molecular weight excluding hydrogens is 464 g/mol. The van der Waals surface area contributed by atoms with Gasteiger partial charge in [-0.25, -0.2) is 0 Å². The lowest BCUT2D eigenvalue weighted by Gasteiger charge is -2.09. The zero-order valence-corrected chi connectivity index (χ0v) is 15.5. The number of halogens is 4. The van der Waals surface area contributed by atoms with E-state index >= 15 is 0 Å². The van der Waals surface area contributed by atoms with Crippen LogP contribution in [0.15, 0.2) is 17.9 Å². The molecule has 0 radical (unpaired) electrons. The molecule has 1 aliphatic rings. The lowest BCUT2D eigenvalue weighted by atomic mass is 10.1. The second-order valence-corrected chi connectivity index (χ2v) is 7.56. The Labute approximate surface area is 132 Å². The van der Waals surface area contributed by atoms with Crippen molar-refractivity contribution in [1.82, 2.24) is 0 Å². The topological polar surface area (TPSA) is 0 Å². The van der Waals surface area contributed by atoms with Crippen LogP contribution in [0.1, 0.15) is 51.4 Å². The van der Waals surface area contributed by atoms with E-state index in [0.717, 1.165) is 21.8 Å².